The van der Waals surface area contributed by atoms with Gasteiger partial charge >= 0.3 is 0 Å². The van der Waals surface area contributed by atoms with Gasteiger partial charge in [0.25, 0.3) is 0 Å². The lowest BCUT2D eigenvalue weighted by molar-refractivity contribution is -0.124. The molecule has 1 saturated carbocycles. The number of carbonyl (C=O) groups is 1. The Kier molecular flexibility index (Phi) is 4.38. The quantitative estimate of drug-likeness (QED) is 0.519. The molecule has 0 saturated heterocycles. The lowest BCUT2D eigenvalue weighted by Gasteiger charge is -2.51. The average molecular weight is 405 g/mol. The van der Waals surface area contributed by atoms with Crippen LogP contribution in [0.3, 0.4) is 0 Å². The summed E-state index contributed by atoms with van der Waals surface area (Å²) in [6.07, 6.45) is 2.06. The molecule has 0 N–H and O–H groups in total. The van der Waals surface area contributed by atoms with Gasteiger partial charge in [-0.3, -0.25) is 4.79 Å². The number of hydrogen-bond acceptors (Lipinski definition) is 2. The van der Waals surface area contributed by atoms with E-state index in [9.17, 15) is 4.79 Å². The molecule has 4 atom stereocenters. The van der Waals surface area contributed by atoms with E-state index < -0.39 is 5.41 Å². The lowest BCUT2D eigenvalue weighted by Crippen LogP contribution is -2.54. The van der Waals surface area contributed by atoms with Gasteiger partial charge in [0.2, 0.25) is 0 Å². The zero-order valence-corrected chi connectivity index (χ0v) is 20.1. The van der Waals surface area contributed by atoms with Gasteiger partial charge in [-0.05, 0) is 43.7 Å². The number of ketones is 1. The van der Waals surface area contributed by atoms with Crippen molar-refractivity contribution in [2.24, 2.45) is 22.2 Å². The minimum atomic E-state index is -0.728. The van der Waals surface area contributed by atoms with Crippen LogP contribution in [0.5, 0.6) is 0 Å². The van der Waals surface area contributed by atoms with Gasteiger partial charge in [0.15, 0.2) is 5.78 Å². The second-order valence-corrected chi connectivity index (χ2v) is 10.8. The molecule has 160 valence electrons. The normalized spacial score (nSPS) is 35.7. The predicted octanol–water partition coefficient (Wildman–Crippen LogP) is 6.78. The fourth-order valence-electron chi connectivity index (χ4n) is 7.02. The minimum Gasteiger partial charge on any atom is -0.494 e. The van der Waals surface area contributed by atoms with Gasteiger partial charge in [-0.1, -0.05) is 83.0 Å². The van der Waals surface area contributed by atoms with Crippen molar-refractivity contribution >= 4 is 5.78 Å². The van der Waals surface area contributed by atoms with E-state index >= 15 is 0 Å². The molecule has 0 spiro atoms. The van der Waals surface area contributed by atoms with Crippen molar-refractivity contribution in [1.82, 2.24) is 0 Å². The molecule has 1 aromatic rings. The van der Waals surface area contributed by atoms with Crippen molar-refractivity contribution < 1.29 is 9.53 Å². The summed E-state index contributed by atoms with van der Waals surface area (Å²) in [4.78, 5) is 14.7. The first kappa shape index (κ1) is 21.2. The number of fused-ring (bicyclic) bond motifs is 5. The van der Waals surface area contributed by atoms with E-state index in [4.69, 9.17) is 4.74 Å². The summed E-state index contributed by atoms with van der Waals surface area (Å²) in [5.41, 5.74) is 4.42. The third-order valence-corrected chi connectivity index (χ3v) is 8.95. The van der Waals surface area contributed by atoms with Crippen LogP contribution in [0.15, 0.2) is 64.5 Å². The van der Waals surface area contributed by atoms with Crippen LogP contribution >= 0.6 is 0 Å². The Morgan fingerprint density at radius 3 is 2.17 bits per heavy atom. The molecule has 1 aromatic carbocycles. The highest BCUT2D eigenvalue weighted by Gasteiger charge is 2.77. The van der Waals surface area contributed by atoms with E-state index in [-0.39, 0.29) is 22.0 Å². The Labute approximate surface area is 182 Å². The number of allylic oxidation sites excluding steroid dienone is 5. The zero-order chi connectivity index (χ0) is 22.3. The summed E-state index contributed by atoms with van der Waals surface area (Å²) in [6, 6.07) is 10.5. The molecule has 4 rings (SSSR count). The molecule has 0 heterocycles. The summed E-state index contributed by atoms with van der Waals surface area (Å²) < 4.78 is 6.34. The number of Topliss-reactive ketones (excluding diaryl/α,β-unsaturated/α-hetero) is 1. The SMILES string of the molecule is CCOC1=C2[C@]3(C)C(C)=C(C)[C@@](C)(C3C)[C@@]2(c2ccccc2)C(=O)C(C(C)(C)C)=C1. The first-order valence-electron chi connectivity index (χ1n) is 11.3. The van der Waals surface area contributed by atoms with Gasteiger partial charge in [-0.15, -0.1) is 0 Å². The Balaban J connectivity index is 2.23. The molecule has 2 bridgehead atoms. The molecule has 0 aliphatic heterocycles. The fourth-order valence-corrected chi connectivity index (χ4v) is 7.02. The maximum absolute atomic E-state index is 14.7. The zero-order valence-electron chi connectivity index (χ0n) is 20.1. The number of carbonyl (C=O) groups excluding carboxylic acids is 1. The van der Waals surface area contributed by atoms with Gasteiger partial charge in [-0.25, -0.2) is 0 Å². The van der Waals surface area contributed by atoms with Gasteiger partial charge in [-0.2, -0.15) is 0 Å². The number of ether oxygens (including phenoxy) is 1. The summed E-state index contributed by atoms with van der Waals surface area (Å²) >= 11 is 0. The van der Waals surface area contributed by atoms with Crippen molar-refractivity contribution in [3.63, 3.8) is 0 Å². The van der Waals surface area contributed by atoms with Crippen molar-refractivity contribution in [1.29, 1.82) is 0 Å². The molecule has 3 aliphatic rings. The molecular formula is C28H36O2. The van der Waals surface area contributed by atoms with Gasteiger partial charge in [0.05, 0.1) is 12.0 Å². The number of rotatable bonds is 3. The monoisotopic (exact) mass is 404 g/mol. The van der Waals surface area contributed by atoms with Crippen LogP contribution in [0.25, 0.3) is 0 Å². The maximum Gasteiger partial charge on any atom is 0.175 e. The van der Waals surface area contributed by atoms with Crippen LogP contribution in [-0.4, -0.2) is 12.4 Å². The molecule has 2 heteroatoms. The average Bonchev–Trinajstić information content (AvgIpc) is 2.94. The van der Waals surface area contributed by atoms with Crippen LogP contribution in [-0.2, 0) is 14.9 Å². The van der Waals surface area contributed by atoms with E-state index in [1.54, 1.807) is 0 Å². The van der Waals surface area contributed by atoms with E-state index in [1.807, 2.05) is 13.0 Å². The Morgan fingerprint density at radius 1 is 1.03 bits per heavy atom. The first-order valence-corrected chi connectivity index (χ1v) is 11.3. The van der Waals surface area contributed by atoms with E-state index in [2.05, 4.69) is 85.7 Å². The van der Waals surface area contributed by atoms with E-state index in [0.717, 1.165) is 16.9 Å². The molecule has 0 radical (unpaired) electrons. The van der Waals surface area contributed by atoms with Crippen molar-refractivity contribution in [3.8, 4) is 0 Å². The van der Waals surface area contributed by atoms with Crippen molar-refractivity contribution in [2.75, 3.05) is 6.61 Å². The largest absolute Gasteiger partial charge is 0.494 e. The highest BCUT2D eigenvalue weighted by molar-refractivity contribution is 6.11. The Hall–Kier alpha value is -2.09. The second-order valence-electron chi connectivity index (χ2n) is 10.8. The lowest BCUT2D eigenvalue weighted by atomic mass is 9.49. The molecule has 3 aliphatic carbocycles. The minimum absolute atomic E-state index is 0.200. The smallest absolute Gasteiger partial charge is 0.175 e. The molecule has 0 aromatic heterocycles. The third-order valence-electron chi connectivity index (χ3n) is 8.95. The topological polar surface area (TPSA) is 26.3 Å². The first-order chi connectivity index (χ1) is 13.9. The molecule has 1 fully saturated rings. The van der Waals surface area contributed by atoms with Crippen LogP contribution in [0.1, 0.15) is 67.9 Å². The summed E-state index contributed by atoms with van der Waals surface area (Å²) in [6.45, 7) is 20.6. The van der Waals surface area contributed by atoms with Crippen LogP contribution in [0, 0.1) is 22.2 Å². The molecular weight excluding hydrogens is 368 g/mol. The van der Waals surface area contributed by atoms with Gasteiger partial charge in [0, 0.05) is 22.0 Å². The predicted molar refractivity (Wildman–Crippen MR) is 123 cm³/mol. The standard InChI is InChI=1S/C28H36O2/c1-10-30-22-16-21(25(5,6)7)24(29)28(20-14-12-11-13-15-20)23(22)26(8)17(2)18(3)27(28,9)19(26)4/h11-16,19H,10H2,1-9H3/t19?,26-,27+,28-/m1/s1. The van der Waals surface area contributed by atoms with E-state index in [1.165, 1.54) is 16.7 Å². The van der Waals surface area contributed by atoms with Gasteiger partial charge in [0.1, 0.15) is 5.76 Å². The maximum atomic E-state index is 14.7. The number of benzene rings is 1. The Morgan fingerprint density at radius 2 is 1.63 bits per heavy atom. The molecule has 1 unspecified atom stereocenters. The van der Waals surface area contributed by atoms with Crippen LogP contribution in [0.4, 0.5) is 0 Å². The summed E-state index contributed by atoms with van der Waals surface area (Å²) in [7, 11) is 0. The van der Waals surface area contributed by atoms with Crippen LogP contribution < -0.4 is 0 Å². The molecule has 30 heavy (non-hydrogen) atoms. The van der Waals surface area contributed by atoms with Crippen LogP contribution in [0.2, 0.25) is 0 Å². The van der Waals surface area contributed by atoms with E-state index in [0.29, 0.717) is 12.5 Å². The van der Waals surface area contributed by atoms with Gasteiger partial charge < -0.3 is 4.74 Å². The third kappa shape index (κ3) is 2.08. The number of hydrogen-bond donors (Lipinski definition) is 0. The van der Waals surface area contributed by atoms with Crippen molar-refractivity contribution in [3.05, 3.63) is 70.0 Å². The highest BCUT2D eigenvalue weighted by Crippen LogP contribution is 2.79. The molecule has 2 nitrogen and oxygen atoms in total. The highest BCUT2D eigenvalue weighted by atomic mass is 16.5. The summed E-state index contributed by atoms with van der Waals surface area (Å²) in [5.74, 6) is 1.47. The fraction of sp³-hybridized carbons (Fsp3) is 0.536. The second kappa shape index (κ2) is 6.22. The molecule has 0 amide bonds. The van der Waals surface area contributed by atoms with Crippen molar-refractivity contribution in [2.45, 2.75) is 67.7 Å². The Bertz CT molecular complexity index is 1020. The summed E-state index contributed by atoms with van der Waals surface area (Å²) in [5, 5.41) is 0.